The number of hydrogen-bond acceptors (Lipinski definition) is 2. The Morgan fingerprint density at radius 3 is 2.15 bits per heavy atom. The lowest BCUT2D eigenvalue weighted by Crippen LogP contribution is -1.98. The molecule has 0 saturated carbocycles. The second-order valence-electron chi connectivity index (χ2n) is 2.11. The molecule has 0 aliphatic rings. The fraction of sp³-hybridized carbons (Fsp3) is 0. The van der Waals surface area contributed by atoms with E-state index >= 15 is 0 Å². The lowest BCUT2D eigenvalue weighted by Gasteiger charge is -2.00. The van der Waals surface area contributed by atoms with Crippen molar-refractivity contribution in [3.05, 3.63) is 28.8 Å². The van der Waals surface area contributed by atoms with Crippen molar-refractivity contribution in [2.75, 3.05) is 0 Å². The molecule has 1 rings (SSSR count). The van der Waals surface area contributed by atoms with Gasteiger partial charge in [0.25, 0.3) is 9.05 Å². The molecule has 0 saturated heterocycles. The summed E-state index contributed by atoms with van der Waals surface area (Å²) in [5, 5.41) is -0.499. The lowest BCUT2D eigenvalue weighted by atomic mass is 10.3. The first-order valence-corrected chi connectivity index (χ1v) is 5.61. The minimum absolute atomic E-state index is 0.499. The van der Waals surface area contributed by atoms with Crippen LogP contribution in [0.15, 0.2) is 17.0 Å². The molecule has 0 aromatic heterocycles. The summed E-state index contributed by atoms with van der Waals surface area (Å²) >= 11 is 5.18. The summed E-state index contributed by atoms with van der Waals surface area (Å²) in [6.07, 6.45) is 0. The Morgan fingerprint density at radius 1 is 1.15 bits per heavy atom. The van der Waals surface area contributed by atoms with Crippen LogP contribution < -0.4 is 0 Å². The first kappa shape index (κ1) is 10.7. The van der Waals surface area contributed by atoms with Crippen molar-refractivity contribution in [1.29, 1.82) is 0 Å². The van der Waals surface area contributed by atoms with Gasteiger partial charge in [0.1, 0.15) is 4.90 Å². The van der Waals surface area contributed by atoms with Gasteiger partial charge in [-0.2, -0.15) is 0 Å². The molecular weight excluding hydrogens is 245 g/mol. The summed E-state index contributed by atoms with van der Waals surface area (Å²) in [7, 11) is 0.536. The van der Waals surface area contributed by atoms with Crippen LogP contribution >= 0.6 is 22.3 Å². The number of benzene rings is 1. The molecule has 0 atom stereocenters. The van der Waals surface area contributed by atoms with Gasteiger partial charge in [0.15, 0.2) is 11.6 Å². The molecule has 0 spiro atoms. The van der Waals surface area contributed by atoms with Crippen LogP contribution in [0.25, 0.3) is 0 Å². The van der Waals surface area contributed by atoms with E-state index in [-0.39, 0.29) is 0 Å². The molecule has 1 aromatic carbocycles. The van der Waals surface area contributed by atoms with Gasteiger partial charge in [-0.3, -0.25) is 0 Å². The summed E-state index contributed by atoms with van der Waals surface area (Å²) in [6.45, 7) is 0. The predicted molar refractivity (Wildman–Crippen MR) is 44.4 cm³/mol. The Hall–Kier alpha value is -0.390. The van der Waals surface area contributed by atoms with E-state index in [1.165, 1.54) is 0 Å². The van der Waals surface area contributed by atoms with E-state index in [4.69, 9.17) is 22.3 Å². The molecule has 0 unspecified atom stereocenters. The van der Waals surface area contributed by atoms with Crippen molar-refractivity contribution in [3.63, 3.8) is 0 Å². The van der Waals surface area contributed by atoms with Crippen molar-refractivity contribution in [1.82, 2.24) is 0 Å². The Labute approximate surface area is 82.5 Å². The van der Waals surface area contributed by atoms with Crippen LogP contribution in [0.4, 0.5) is 8.78 Å². The Bertz CT molecular complexity index is 444. The van der Waals surface area contributed by atoms with E-state index in [9.17, 15) is 17.2 Å². The molecule has 7 heteroatoms. The molecule has 0 bridgehead atoms. The fourth-order valence-corrected chi connectivity index (χ4v) is 1.73. The highest BCUT2D eigenvalue weighted by Gasteiger charge is 2.20. The molecule has 72 valence electrons. The standard InChI is InChI=1S/C6H2Cl2F2O2S/c7-3-1-2-4(13(8,11)12)6(10)5(3)9/h1-2H. The summed E-state index contributed by atoms with van der Waals surface area (Å²) in [5.41, 5.74) is 0. The quantitative estimate of drug-likeness (QED) is 0.564. The minimum atomic E-state index is -4.27. The van der Waals surface area contributed by atoms with E-state index < -0.39 is 30.6 Å². The zero-order chi connectivity index (χ0) is 10.2. The van der Waals surface area contributed by atoms with E-state index in [1.54, 1.807) is 0 Å². The van der Waals surface area contributed by atoms with Crippen molar-refractivity contribution in [2.45, 2.75) is 4.90 Å². The number of halogens is 4. The number of hydrogen-bond donors (Lipinski definition) is 0. The van der Waals surface area contributed by atoms with Gasteiger partial charge >= 0.3 is 0 Å². The van der Waals surface area contributed by atoms with Crippen molar-refractivity contribution < 1.29 is 17.2 Å². The second-order valence-corrected chi connectivity index (χ2v) is 5.05. The molecule has 0 fully saturated rings. The molecule has 0 radical (unpaired) electrons. The van der Waals surface area contributed by atoms with Crippen LogP contribution in [0.5, 0.6) is 0 Å². The summed E-state index contributed by atoms with van der Waals surface area (Å²) in [6, 6.07) is 1.71. The van der Waals surface area contributed by atoms with Gasteiger partial charge in [0, 0.05) is 10.7 Å². The summed E-state index contributed by atoms with van der Waals surface area (Å²) < 4.78 is 46.8. The lowest BCUT2D eigenvalue weighted by molar-refractivity contribution is 0.487. The predicted octanol–water partition coefficient (Wildman–Crippen LogP) is 2.55. The van der Waals surface area contributed by atoms with Crippen molar-refractivity contribution in [3.8, 4) is 0 Å². The van der Waals surface area contributed by atoms with Gasteiger partial charge in [-0.05, 0) is 12.1 Å². The van der Waals surface area contributed by atoms with Crippen LogP contribution in [0.1, 0.15) is 0 Å². The zero-order valence-corrected chi connectivity index (χ0v) is 8.22. The van der Waals surface area contributed by atoms with E-state index in [1.807, 2.05) is 0 Å². The van der Waals surface area contributed by atoms with Crippen LogP contribution in [0, 0.1) is 11.6 Å². The maximum atomic E-state index is 12.8. The van der Waals surface area contributed by atoms with Crippen LogP contribution in [0.3, 0.4) is 0 Å². The Kier molecular flexibility index (Phi) is 2.79. The fourth-order valence-electron chi connectivity index (χ4n) is 0.696. The number of rotatable bonds is 1. The monoisotopic (exact) mass is 246 g/mol. The van der Waals surface area contributed by atoms with Gasteiger partial charge in [-0.15, -0.1) is 0 Å². The molecule has 0 amide bonds. The van der Waals surface area contributed by atoms with E-state index in [2.05, 4.69) is 0 Å². The van der Waals surface area contributed by atoms with E-state index in [0.717, 1.165) is 12.1 Å². The summed E-state index contributed by atoms with van der Waals surface area (Å²) in [5.74, 6) is -2.99. The van der Waals surface area contributed by atoms with Crippen LogP contribution in [-0.4, -0.2) is 8.42 Å². The van der Waals surface area contributed by atoms with Crippen molar-refractivity contribution in [2.24, 2.45) is 0 Å². The van der Waals surface area contributed by atoms with Crippen LogP contribution in [0.2, 0.25) is 5.02 Å². The van der Waals surface area contributed by atoms with Gasteiger partial charge < -0.3 is 0 Å². The molecule has 0 aliphatic carbocycles. The zero-order valence-electron chi connectivity index (χ0n) is 5.89. The molecule has 2 nitrogen and oxygen atoms in total. The maximum absolute atomic E-state index is 12.8. The molecule has 0 heterocycles. The van der Waals surface area contributed by atoms with Gasteiger partial charge in [-0.25, -0.2) is 17.2 Å². The van der Waals surface area contributed by atoms with Crippen molar-refractivity contribution >= 4 is 31.3 Å². The summed E-state index contributed by atoms with van der Waals surface area (Å²) in [4.78, 5) is -0.920. The minimum Gasteiger partial charge on any atom is -0.207 e. The SMILES string of the molecule is O=S(=O)(Cl)c1ccc(Cl)c(F)c1F. The molecule has 13 heavy (non-hydrogen) atoms. The average Bonchev–Trinajstić information content (AvgIpc) is 1.98. The molecular formula is C6H2Cl2F2O2S. The Morgan fingerprint density at radius 2 is 1.69 bits per heavy atom. The van der Waals surface area contributed by atoms with Gasteiger partial charge in [-0.1, -0.05) is 11.6 Å². The highest BCUT2D eigenvalue weighted by atomic mass is 35.7. The first-order chi connectivity index (χ1) is 5.84. The maximum Gasteiger partial charge on any atom is 0.264 e. The normalized spacial score (nSPS) is 11.7. The van der Waals surface area contributed by atoms with Gasteiger partial charge in [0.2, 0.25) is 0 Å². The first-order valence-electron chi connectivity index (χ1n) is 2.92. The van der Waals surface area contributed by atoms with Crippen LogP contribution in [-0.2, 0) is 9.05 Å². The Balaban J connectivity index is 3.53. The third-order valence-electron chi connectivity index (χ3n) is 1.26. The third kappa shape index (κ3) is 2.10. The highest BCUT2D eigenvalue weighted by Crippen LogP contribution is 2.25. The smallest absolute Gasteiger partial charge is 0.207 e. The molecule has 0 aliphatic heterocycles. The molecule has 1 aromatic rings. The highest BCUT2D eigenvalue weighted by molar-refractivity contribution is 8.13. The van der Waals surface area contributed by atoms with Gasteiger partial charge in [0.05, 0.1) is 5.02 Å². The topological polar surface area (TPSA) is 34.1 Å². The molecule has 0 N–H and O–H groups in total. The van der Waals surface area contributed by atoms with E-state index in [0.29, 0.717) is 0 Å². The second kappa shape index (κ2) is 3.40. The third-order valence-corrected chi connectivity index (χ3v) is 2.89. The largest absolute Gasteiger partial charge is 0.264 e. The average molecular weight is 247 g/mol.